The number of aromatic amines is 3. The molecular formula is C75H61F3N14O7. The zero-order valence-electron chi connectivity index (χ0n) is 53.3. The van der Waals surface area contributed by atoms with Crippen LogP contribution in [0.2, 0.25) is 0 Å². The van der Waals surface area contributed by atoms with Gasteiger partial charge in [-0.25, -0.2) is 42.7 Å². The molecule has 2 saturated heterocycles. The van der Waals surface area contributed by atoms with Gasteiger partial charge in [-0.2, -0.15) is 15.3 Å². The largest absolute Gasteiger partial charge is 0.478 e. The Morgan fingerprint density at radius 3 is 1.25 bits per heavy atom. The number of hydrogen-bond acceptors (Lipinski definition) is 12. The number of ether oxygens (including phenoxy) is 2. The van der Waals surface area contributed by atoms with Crippen molar-refractivity contribution in [3.63, 3.8) is 0 Å². The molecule has 0 bridgehead atoms. The highest BCUT2D eigenvalue weighted by atomic mass is 19.1. The zero-order valence-corrected chi connectivity index (χ0v) is 53.3. The average molecular weight is 1330 g/mol. The van der Waals surface area contributed by atoms with Crippen molar-refractivity contribution in [3.05, 3.63) is 228 Å². The molecule has 7 N–H and O–H groups in total. The summed E-state index contributed by atoms with van der Waals surface area (Å²) in [4.78, 5) is 53.9. The fourth-order valence-electron chi connectivity index (χ4n) is 13.7. The molecule has 99 heavy (non-hydrogen) atoms. The standard InChI is InChI=1S/C26H22FN5O2.C26H21FN4O3.C23H18FN5O2/c27-19-5-7-20(8-6-19)32-21-13-18-14-29-31-26(18)30-23(21)22(24(32)16-9-11-34-12-10-16)15-1-3-17(4-2-15)25(28)33;27-19-5-7-20(8-6-19)31-21-13-18-14-28-30-25(18)29-23(21)22(24(31)16-9-11-34-12-10-16)15-1-3-17(4-2-15)26(32)33;1-12(2)20-18(13-3-5-14(6-4-13)23(30)31)19-22(26-17-11-25-28-21(17)27-19)29(20)16-9-7-15(24)8-10-16/h1-8,13-14,16H,9-12H2,(H2,28,33)(H,29,30,31);1-8,13-14,16H,9-12H2,(H,32,33)(H,28,29,30);3-12H,1-2H3,(H,30,31)(H,25,27,28). The Hall–Kier alpha value is -12.2. The van der Waals surface area contributed by atoms with E-state index in [9.17, 15) is 37.8 Å². The SMILES string of the molecule is CC(C)c1c(-c2ccc(C(=O)O)cc2)c2nc3[nH]ncc3nc2n1-c1ccc(F)cc1.NC(=O)c1ccc(-c2c(C3CCOCC3)n(-c3ccc(F)cc3)c3cc4cn[nH]c4nc23)cc1.O=C(O)c1ccc(-c2c(C3CCOCC3)n(-c3ccc(F)cc3)c3cc4cn[nH]c4nc23)cc1. The van der Waals surface area contributed by atoms with E-state index in [4.69, 9.17) is 35.1 Å². The first-order valence-electron chi connectivity index (χ1n) is 32.2. The van der Waals surface area contributed by atoms with Crippen LogP contribution in [0.25, 0.3) is 117 Å². The molecule has 494 valence electrons. The quantitative estimate of drug-likeness (QED) is 0.0663. The van der Waals surface area contributed by atoms with Crippen LogP contribution in [0.1, 0.15) is 105 Å². The fourth-order valence-corrected chi connectivity index (χ4v) is 13.7. The Labute approximate surface area is 560 Å². The minimum Gasteiger partial charge on any atom is -0.478 e. The molecule has 0 atom stereocenters. The van der Waals surface area contributed by atoms with Crippen molar-refractivity contribution in [1.29, 1.82) is 0 Å². The molecule has 2 aliphatic heterocycles. The molecule has 0 spiro atoms. The summed E-state index contributed by atoms with van der Waals surface area (Å²) in [6, 6.07) is 44.2. The molecule has 24 heteroatoms. The van der Waals surface area contributed by atoms with Crippen molar-refractivity contribution in [2.75, 3.05) is 26.4 Å². The first-order chi connectivity index (χ1) is 48.1. The second kappa shape index (κ2) is 26.1. The Bertz CT molecular complexity index is 5320. The highest BCUT2D eigenvalue weighted by molar-refractivity contribution is 6.04. The number of H-pyrrole nitrogens is 3. The van der Waals surface area contributed by atoms with Crippen LogP contribution in [0.15, 0.2) is 176 Å². The number of carbonyl (C=O) groups excluding carboxylic acids is 1. The Morgan fingerprint density at radius 2 is 0.848 bits per heavy atom. The lowest BCUT2D eigenvalue weighted by molar-refractivity contribution is 0.0686. The summed E-state index contributed by atoms with van der Waals surface area (Å²) in [5.74, 6) is -2.84. The van der Waals surface area contributed by atoms with E-state index in [0.717, 1.165) is 126 Å². The number of carbonyl (C=O) groups is 3. The number of nitrogens with zero attached hydrogens (tertiary/aromatic N) is 10. The number of benzene rings is 6. The van der Waals surface area contributed by atoms with Crippen molar-refractivity contribution >= 4 is 84.3 Å². The van der Waals surface area contributed by atoms with Gasteiger partial charge in [0.2, 0.25) is 5.91 Å². The van der Waals surface area contributed by atoms with Crippen molar-refractivity contribution in [2.45, 2.75) is 57.3 Å². The summed E-state index contributed by atoms with van der Waals surface area (Å²) in [6.07, 6.45) is 8.51. The van der Waals surface area contributed by atoms with Crippen LogP contribution in [0.4, 0.5) is 13.2 Å². The number of halogens is 3. The van der Waals surface area contributed by atoms with Gasteiger partial charge in [-0.15, -0.1) is 0 Å². The van der Waals surface area contributed by atoms with Crippen LogP contribution < -0.4 is 5.73 Å². The predicted octanol–water partition coefficient (Wildman–Crippen LogP) is 14.9. The van der Waals surface area contributed by atoms with Gasteiger partial charge in [0.15, 0.2) is 22.6 Å². The van der Waals surface area contributed by atoms with Gasteiger partial charge in [0.25, 0.3) is 0 Å². The number of aromatic carboxylic acids is 2. The third kappa shape index (κ3) is 11.8. The highest BCUT2D eigenvalue weighted by Gasteiger charge is 2.32. The van der Waals surface area contributed by atoms with E-state index < -0.39 is 17.8 Å². The van der Waals surface area contributed by atoms with Crippen molar-refractivity contribution in [1.82, 2.24) is 64.2 Å². The van der Waals surface area contributed by atoms with Crippen molar-refractivity contribution in [3.8, 4) is 50.4 Å². The normalized spacial score (nSPS) is 13.8. The van der Waals surface area contributed by atoms with Gasteiger partial charge in [0.05, 0.1) is 51.8 Å². The van der Waals surface area contributed by atoms with E-state index in [2.05, 4.69) is 59.6 Å². The summed E-state index contributed by atoms with van der Waals surface area (Å²) in [7, 11) is 0. The molecule has 0 aliphatic carbocycles. The number of fused-ring (bicyclic) bond motifs is 6. The molecule has 21 nitrogen and oxygen atoms in total. The van der Waals surface area contributed by atoms with Gasteiger partial charge in [-0.05, 0) is 170 Å². The molecule has 9 aromatic heterocycles. The van der Waals surface area contributed by atoms with Crippen molar-refractivity contribution < 1.29 is 47.2 Å². The predicted molar refractivity (Wildman–Crippen MR) is 368 cm³/mol. The lowest BCUT2D eigenvalue weighted by Gasteiger charge is -2.25. The van der Waals surface area contributed by atoms with E-state index in [-0.39, 0.29) is 46.3 Å². The van der Waals surface area contributed by atoms with E-state index in [1.54, 1.807) is 104 Å². The number of rotatable bonds is 12. The maximum Gasteiger partial charge on any atom is 0.335 e. The molecule has 1 amide bonds. The van der Waals surface area contributed by atoms with Gasteiger partial charge in [0.1, 0.15) is 28.5 Å². The summed E-state index contributed by atoms with van der Waals surface area (Å²) < 4.78 is 58.9. The maximum absolute atomic E-state index is 13.8. The molecule has 17 rings (SSSR count). The van der Waals surface area contributed by atoms with Crippen LogP contribution in [-0.2, 0) is 9.47 Å². The summed E-state index contributed by atoms with van der Waals surface area (Å²) in [6.45, 7) is 6.80. The lowest BCUT2D eigenvalue weighted by atomic mass is 9.90. The highest BCUT2D eigenvalue weighted by Crippen LogP contribution is 2.47. The number of nitrogens with one attached hydrogen (secondary N) is 3. The number of hydrogen-bond donors (Lipinski definition) is 6. The van der Waals surface area contributed by atoms with Crippen LogP contribution in [0.5, 0.6) is 0 Å². The first kappa shape index (κ1) is 62.9. The van der Waals surface area contributed by atoms with Gasteiger partial charge in [-0.1, -0.05) is 50.2 Å². The number of aromatic nitrogens is 13. The average Bonchev–Trinajstić information content (AvgIpc) is 1.59. The molecule has 11 heterocycles. The Morgan fingerprint density at radius 1 is 0.475 bits per heavy atom. The maximum atomic E-state index is 13.8. The lowest BCUT2D eigenvalue weighted by Crippen LogP contribution is -2.17. The van der Waals surface area contributed by atoms with Crippen LogP contribution in [0, 0.1) is 17.5 Å². The second-order valence-corrected chi connectivity index (χ2v) is 24.7. The molecule has 0 radical (unpaired) electrons. The molecule has 0 unspecified atom stereocenters. The number of amides is 1. The van der Waals surface area contributed by atoms with E-state index in [0.29, 0.717) is 65.6 Å². The Balaban J connectivity index is 0.000000121. The Kier molecular flexibility index (Phi) is 16.6. The topological polar surface area (TPSA) is 289 Å². The molecule has 15 aromatic rings. The second-order valence-electron chi connectivity index (χ2n) is 24.7. The third-order valence-corrected chi connectivity index (χ3v) is 18.3. The van der Waals surface area contributed by atoms with Gasteiger partial charge in [-0.3, -0.25) is 24.7 Å². The minimum atomic E-state index is -0.983. The number of pyridine rings is 2. The number of carboxylic acid groups (broad SMARTS) is 2. The summed E-state index contributed by atoms with van der Waals surface area (Å²) >= 11 is 0. The number of primary amides is 1. The van der Waals surface area contributed by atoms with E-state index in [1.807, 2.05) is 34.9 Å². The van der Waals surface area contributed by atoms with Gasteiger partial charge < -0.3 is 34.6 Å². The van der Waals surface area contributed by atoms with E-state index in [1.165, 1.54) is 36.4 Å². The van der Waals surface area contributed by atoms with Gasteiger partial charge in [0, 0.05) is 105 Å². The minimum absolute atomic E-state index is 0.0756. The smallest absolute Gasteiger partial charge is 0.335 e. The molecule has 0 saturated carbocycles. The first-order valence-corrected chi connectivity index (χ1v) is 32.2. The number of nitrogens with two attached hydrogens (primary N) is 1. The van der Waals surface area contributed by atoms with Crippen LogP contribution in [0.3, 0.4) is 0 Å². The molecular weight excluding hydrogens is 1270 g/mol. The fraction of sp³-hybridized carbons (Fsp3) is 0.173. The zero-order chi connectivity index (χ0) is 68.2. The molecule has 2 aliphatic rings. The third-order valence-electron chi connectivity index (χ3n) is 18.3. The van der Waals surface area contributed by atoms with Crippen molar-refractivity contribution in [2.24, 2.45) is 5.73 Å². The summed E-state index contributed by atoms with van der Waals surface area (Å²) in [5.41, 5.74) is 24.6. The van der Waals surface area contributed by atoms with Crippen LogP contribution >= 0.6 is 0 Å². The summed E-state index contributed by atoms with van der Waals surface area (Å²) in [5, 5.41) is 41.5. The molecule has 6 aromatic carbocycles. The number of carboxylic acids is 2. The van der Waals surface area contributed by atoms with Gasteiger partial charge >= 0.3 is 11.9 Å². The van der Waals surface area contributed by atoms with Crippen LogP contribution in [-0.4, -0.2) is 119 Å². The monoisotopic (exact) mass is 1330 g/mol. The molecule has 2 fully saturated rings. The van der Waals surface area contributed by atoms with E-state index >= 15 is 0 Å².